The third kappa shape index (κ3) is 2.75. The molecule has 4 nitrogen and oxygen atoms in total. The minimum absolute atomic E-state index is 0.0584. The molecule has 2 aromatic rings. The molecule has 4 heteroatoms. The minimum atomic E-state index is 0.0584. The third-order valence-electron chi connectivity index (χ3n) is 5.09. The number of amides is 1. The first-order valence-electron chi connectivity index (χ1n) is 8.35. The molecule has 1 aromatic heterocycles. The highest BCUT2D eigenvalue weighted by atomic mass is 16.2. The van der Waals surface area contributed by atoms with Crippen LogP contribution in [-0.4, -0.2) is 41.5 Å². The number of aromatic nitrogens is 1. The zero-order chi connectivity index (χ0) is 15.6. The van der Waals surface area contributed by atoms with E-state index in [1.807, 2.05) is 53.4 Å². The molecule has 0 aliphatic carbocycles. The molecular weight excluding hydrogens is 286 g/mol. The first-order chi connectivity index (χ1) is 11.3. The lowest BCUT2D eigenvalue weighted by Gasteiger charge is -2.48. The van der Waals surface area contributed by atoms with Gasteiger partial charge in [0.05, 0.1) is 6.04 Å². The molecule has 118 valence electrons. The Labute approximate surface area is 136 Å². The van der Waals surface area contributed by atoms with Gasteiger partial charge < -0.3 is 4.90 Å². The van der Waals surface area contributed by atoms with E-state index in [1.54, 1.807) is 6.20 Å². The van der Waals surface area contributed by atoms with Gasteiger partial charge in [-0.1, -0.05) is 24.3 Å². The molecular formula is C19H21N3O. The minimum Gasteiger partial charge on any atom is -0.301 e. The lowest BCUT2D eigenvalue weighted by atomic mass is 9.83. The Balaban J connectivity index is 1.71. The van der Waals surface area contributed by atoms with E-state index >= 15 is 0 Å². The zero-order valence-corrected chi connectivity index (χ0v) is 13.1. The van der Waals surface area contributed by atoms with Gasteiger partial charge in [-0.3, -0.25) is 9.69 Å². The molecule has 0 radical (unpaired) electrons. The summed E-state index contributed by atoms with van der Waals surface area (Å²) in [5.41, 5.74) is 0.731. The summed E-state index contributed by atoms with van der Waals surface area (Å²) in [7, 11) is 0. The second-order valence-electron chi connectivity index (χ2n) is 6.43. The Morgan fingerprint density at radius 2 is 1.78 bits per heavy atom. The summed E-state index contributed by atoms with van der Waals surface area (Å²) in [6.45, 7) is 3.29. The van der Waals surface area contributed by atoms with Crippen LogP contribution < -0.4 is 4.90 Å². The predicted octanol–water partition coefficient (Wildman–Crippen LogP) is 2.82. The van der Waals surface area contributed by atoms with Gasteiger partial charge in [0.1, 0.15) is 5.82 Å². The van der Waals surface area contributed by atoms with Gasteiger partial charge >= 0.3 is 0 Å². The molecule has 3 aliphatic heterocycles. The van der Waals surface area contributed by atoms with E-state index < -0.39 is 0 Å². The first-order valence-corrected chi connectivity index (χ1v) is 8.35. The molecule has 1 unspecified atom stereocenters. The van der Waals surface area contributed by atoms with Gasteiger partial charge in [-0.2, -0.15) is 0 Å². The average Bonchev–Trinajstić information content (AvgIpc) is 2.64. The number of hydrogen-bond donors (Lipinski definition) is 0. The van der Waals surface area contributed by atoms with Crippen LogP contribution in [0.15, 0.2) is 54.7 Å². The topological polar surface area (TPSA) is 36.4 Å². The Morgan fingerprint density at radius 3 is 2.39 bits per heavy atom. The Kier molecular flexibility index (Phi) is 3.83. The SMILES string of the molecule is O=C(c1ccccc1)N(c1ccccn1)C1CN2CCC1CC2. The van der Waals surface area contributed by atoms with E-state index in [2.05, 4.69) is 9.88 Å². The maximum Gasteiger partial charge on any atom is 0.259 e. The lowest BCUT2D eigenvalue weighted by molar-refractivity contribution is 0.0731. The molecule has 3 fully saturated rings. The van der Waals surface area contributed by atoms with E-state index in [4.69, 9.17) is 0 Å². The van der Waals surface area contributed by atoms with E-state index in [9.17, 15) is 4.79 Å². The van der Waals surface area contributed by atoms with Crippen LogP contribution in [0.2, 0.25) is 0 Å². The van der Waals surface area contributed by atoms with Gasteiger partial charge in [0.25, 0.3) is 5.91 Å². The molecule has 23 heavy (non-hydrogen) atoms. The van der Waals surface area contributed by atoms with Gasteiger partial charge in [0, 0.05) is 18.3 Å². The number of piperidine rings is 3. The number of hydrogen-bond acceptors (Lipinski definition) is 3. The average molecular weight is 307 g/mol. The van der Waals surface area contributed by atoms with Crippen molar-refractivity contribution in [3.8, 4) is 0 Å². The molecule has 0 saturated carbocycles. The second-order valence-corrected chi connectivity index (χ2v) is 6.43. The summed E-state index contributed by atoms with van der Waals surface area (Å²) in [6.07, 6.45) is 4.12. The van der Waals surface area contributed by atoms with Crippen LogP contribution in [0.5, 0.6) is 0 Å². The summed E-state index contributed by atoms with van der Waals surface area (Å²) in [5.74, 6) is 1.40. The Hall–Kier alpha value is -2.20. The van der Waals surface area contributed by atoms with Crippen molar-refractivity contribution < 1.29 is 4.79 Å². The molecule has 1 atom stereocenters. The molecule has 3 aliphatic rings. The van der Waals surface area contributed by atoms with Crippen molar-refractivity contribution in [3.05, 3.63) is 60.3 Å². The molecule has 1 aromatic carbocycles. The number of carbonyl (C=O) groups is 1. The normalized spacial score (nSPS) is 26.0. The number of rotatable bonds is 3. The van der Waals surface area contributed by atoms with Crippen LogP contribution in [-0.2, 0) is 0 Å². The first kappa shape index (κ1) is 14.4. The van der Waals surface area contributed by atoms with Crippen molar-refractivity contribution in [2.75, 3.05) is 24.5 Å². The number of fused-ring (bicyclic) bond motifs is 3. The smallest absolute Gasteiger partial charge is 0.259 e. The van der Waals surface area contributed by atoms with E-state index in [0.717, 1.165) is 31.0 Å². The van der Waals surface area contributed by atoms with Crippen LogP contribution in [0, 0.1) is 5.92 Å². The third-order valence-corrected chi connectivity index (χ3v) is 5.09. The highest BCUT2D eigenvalue weighted by Gasteiger charge is 2.40. The maximum atomic E-state index is 13.2. The fourth-order valence-corrected chi connectivity index (χ4v) is 3.87. The second kappa shape index (κ2) is 6.13. The number of nitrogens with zero attached hydrogens (tertiary/aromatic N) is 3. The number of benzene rings is 1. The Morgan fingerprint density at radius 1 is 1.04 bits per heavy atom. The zero-order valence-electron chi connectivity index (χ0n) is 13.1. The fourth-order valence-electron chi connectivity index (χ4n) is 3.87. The lowest BCUT2D eigenvalue weighted by Crippen LogP contribution is -2.59. The van der Waals surface area contributed by atoms with Gasteiger partial charge in [0.15, 0.2) is 0 Å². The summed E-state index contributed by atoms with van der Waals surface area (Å²) in [5, 5.41) is 0. The molecule has 4 heterocycles. The van der Waals surface area contributed by atoms with Crippen molar-refractivity contribution >= 4 is 11.7 Å². The van der Waals surface area contributed by atoms with Crippen molar-refractivity contribution in [2.24, 2.45) is 5.92 Å². The maximum absolute atomic E-state index is 13.2. The molecule has 1 amide bonds. The van der Waals surface area contributed by atoms with Crippen LogP contribution >= 0.6 is 0 Å². The molecule has 5 rings (SSSR count). The summed E-state index contributed by atoms with van der Waals surface area (Å²) < 4.78 is 0. The standard InChI is InChI=1S/C19H21N3O/c23-19(16-6-2-1-3-7-16)22(18-8-4-5-11-20-18)17-14-21-12-9-15(17)10-13-21/h1-8,11,15,17H,9-10,12-14H2. The summed E-state index contributed by atoms with van der Waals surface area (Å²) >= 11 is 0. The summed E-state index contributed by atoms with van der Waals surface area (Å²) in [4.78, 5) is 22.1. The van der Waals surface area contributed by atoms with Crippen LogP contribution in [0.1, 0.15) is 23.2 Å². The van der Waals surface area contributed by atoms with Crippen LogP contribution in [0.4, 0.5) is 5.82 Å². The molecule has 2 bridgehead atoms. The van der Waals surface area contributed by atoms with Gasteiger partial charge in [-0.05, 0) is 56.1 Å². The van der Waals surface area contributed by atoms with Crippen molar-refractivity contribution in [1.29, 1.82) is 0 Å². The molecule has 3 saturated heterocycles. The predicted molar refractivity (Wildman–Crippen MR) is 90.4 cm³/mol. The quantitative estimate of drug-likeness (QED) is 0.875. The van der Waals surface area contributed by atoms with Crippen LogP contribution in [0.3, 0.4) is 0 Å². The monoisotopic (exact) mass is 307 g/mol. The molecule has 0 N–H and O–H groups in total. The highest BCUT2D eigenvalue weighted by molar-refractivity contribution is 6.06. The fraction of sp³-hybridized carbons (Fsp3) is 0.368. The largest absolute Gasteiger partial charge is 0.301 e. The molecule has 0 spiro atoms. The highest BCUT2D eigenvalue weighted by Crippen LogP contribution is 2.33. The van der Waals surface area contributed by atoms with E-state index in [1.165, 1.54) is 12.8 Å². The van der Waals surface area contributed by atoms with E-state index in [0.29, 0.717) is 5.92 Å². The van der Waals surface area contributed by atoms with Crippen molar-refractivity contribution in [3.63, 3.8) is 0 Å². The van der Waals surface area contributed by atoms with Gasteiger partial charge in [-0.25, -0.2) is 4.98 Å². The van der Waals surface area contributed by atoms with Crippen molar-refractivity contribution in [2.45, 2.75) is 18.9 Å². The van der Waals surface area contributed by atoms with Crippen molar-refractivity contribution in [1.82, 2.24) is 9.88 Å². The number of anilines is 1. The summed E-state index contributed by atoms with van der Waals surface area (Å²) in [6, 6.07) is 15.6. The van der Waals surface area contributed by atoms with Gasteiger partial charge in [0.2, 0.25) is 0 Å². The Bertz CT molecular complexity index is 666. The van der Waals surface area contributed by atoms with Crippen LogP contribution in [0.25, 0.3) is 0 Å². The number of carbonyl (C=O) groups excluding carboxylic acids is 1. The van der Waals surface area contributed by atoms with E-state index in [-0.39, 0.29) is 11.9 Å². The van der Waals surface area contributed by atoms with Gasteiger partial charge in [-0.15, -0.1) is 0 Å². The number of pyridine rings is 1.